The third kappa shape index (κ3) is 7.01. The molecule has 0 spiro atoms. The second-order valence-corrected chi connectivity index (χ2v) is 4.35. The van der Waals surface area contributed by atoms with Gasteiger partial charge in [0.1, 0.15) is 0 Å². The Hall–Kier alpha value is -1.42. The van der Waals surface area contributed by atoms with E-state index in [2.05, 4.69) is 10.3 Å². The van der Waals surface area contributed by atoms with Crippen LogP contribution in [-0.2, 0) is 11.2 Å². The number of rotatable bonds is 9. The van der Waals surface area contributed by atoms with Crippen LogP contribution in [0.15, 0.2) is 24.5 Å². The van der Waals surface area contributed by atoms with Gasteiger partial charge in [-0.25, -0.2) is 0 Å². The summed E-state index contributed by atoms with van der Waals surface area (Å²) in [6.07, 6.45) is 8.71. The summed E-state index contributed by atoms with van der Waals surface area (Å²) in [5.41, 5.74) is 1.09. The number of amides is 1. The maximum Gasteiger partial charge on any atom is 0.220 e. The minimum Gasteiger partial charge on any atom is -0.396 e. The fraction of sp³-hybridized carbons (Fsp3) is 0.571. The number of nitrogens with one attached hydrogen (secondary N) is 1. The quantitative estimate of drug-likeness (QED) is 0.655. The fourth-order valence-electron chi connectivity index (χ4n) is 1.71. The first-order valence-corrected chi connectivity index (χ1v) is 6.59. The molecule has 0 atom stereocenters. The molecule has 4 heteroatoms. The smallest absolute Gasteiger partial charge is 0.220 e. The molecule has 0 fully saturated rings. The van der Waals surface area contributed by atoms with Crippen LogP contribution in [0.4, 0.5) is 0 Å². The molecule has 1 amide bonds. The molecular weight excluding hydrogens is 228 g/mol. The number of nitrogens with zero attached hydrogens (tertiary/aromatic N) is 1. The molecule has 0 aliphatic heterocycles. The number of hydrogen-bond acceptors (Lipinski definition) is 3. The lowest BCUT2D eigenvalue weighted by molar-refractivity contribution is -0.121. The Balaban J connectivity index is 2.01. The average molecular weight is 250 g/mol. The molecule has 0 aliphatic carbocycles. The highest BCUT2D eigenvalue weighted by Crippen LogP contribution is 2.01. The molecule has 18 heavy (non-hydrogen) atoms. The van der Waals surface area contributed by atoms with E-state index in [0.29, 0.717) is 6.42 Å². The Morgan fingerprint density at radius 1 is 1.28 bits per heavy atom. The zero-order valence-electron chi connectivity index (χ0n) is 10.8. The van der Waals surface area contributed by atoms with Gasteiger partial charge in [-0.2, -0.15) is 0 Å². The standard InChI is InChI=1S/C14H22N2O2/c17-11-4-2-1-3-10-16-14(18)8-7-13-6-5-9-15-12-13/h5-6,9,12,17H,1-4,7-8,10-11H2,(H,16,18). The van der Waals surface area contributed by atoms with E-state index in [1.54, 1.807) is 12.4 Å². The van der Waals surface area contributed by atoms with Crippen molar-refractivity contribution in [1.29, 1.82) is 0 Å². The monoisotopic (exact) mass is 250 g/mol. The Kier molecular flexibility index (Phi) is 7.80. The van der Waals surface area contributed by atoms with Crippen LogP contribution in [0.2, 0.25) is 0 Å². The highest BCUT2D eigenvalue weighted by molar-refractivity contribution is 5.76. The number of unbranched alkanes of at least 4 members (excludes halogenated alkanes) is 3. The van der Waals surface area contributed by atoms with Crippen molar-refractivity contribution in [1.82, 2.24) is 10.3 Å². The maximum absolute atomic E-state index is 11.5. The first-order chi connectivity index (χ1) is 8.83. The summed E-state index contributed by atoms with van der Waals surface area (Å²) in [5.74, 6) is 0.0982. The fourth-order valence-corrected chi connectivity index (χ4v) is 1.71. The highest BCUT2D eigenvalue weighted by atomic mass is 16.2. The molecule has 0 aromatic carbocycles. The Labute approximate surface area is 108 Å². The van der Waals surface area contributed by atoms with E-state index < -0.39 is 0 Å². The molecule has 0 saturated carbocycles. The molecule has 1 aromatic rings. The summed E-state index contributed by atoms with van der Waals surface area (Å²) in [6, 6.07) is 3.86. The second kappa shape index (κ2) is 9.59. The minimum absolute atomic E-state index is 0.0982. The highest BCUT2D eigenvalue weighted by Gasteiger charge is 2.01. The molecule has 0 bridgehead atoms. The van der Waals surface area contributed by atoms with Crippen molar-refractivity contribution in [3.63, 3.8) is 0 Å². The summed E-state index contributed by atoms with van der Waals surface area (Å²) in [4.78, 5) is 15.5. The number of aryl methyl sites for hydroxylation is 1. The number of carbonyl (C=O) groups excluding carboxylic acids is 1. The summed E-state index contributed by atoms with van der Waals surface area (Å²) >= 11 is 0. The lowest BCUT2D eigenvalue weighted by atomic mass is 10.1. The zero-order valence-corrected chi connectivity index (χ0v) is 10.8. The first-order valence-electron chi connectivity index (χ1n) is 6.59. The number of aliphatic hydroxyl groups excluding tert-OH is 1. The van der Waals surface area contributed by atoms with Gasteiger partial charge >= 0.3 is 0 Å². The van der Waals surface area contributed by atoms with Gasteiger partial charge in [0.05, 0.1) is 0 Å². The zero-order chi connectivity index (χ0) is 13.1. The molecule has 2 N–H and O–H groups in total. The van der Waals surface area contributed by atoms with Gasteiger partial charge in [0.15, 0.2) is 0 Å². The van der Waals surface area contributed by atoms with E-state index in [1.165, 1.54) is 0 Å². The van der Waals surface area contributed by atoms with Crippen LogP contribution in [0.5, 0.6) is 0 Å². The number of aliphatic hydroxyl groups is 1. The molecule has 0 aliphatic rings. The summed E-state index contributed by atoms with van der Waals surface area (Å²) < 4.78 is 0. The summed E-state index contributed by atoms with van der Waals surface area (Å²) in [6.45, 7) is 0.995. The van der Waals surface area contributed by atoms with Gasteiger partial charge < -0.3 is 10.4 Å². The van der Waals surface area contributed by atoms with E-state index in [0.717, 1.165) is 44.2 Å². The van der Waals surface area contributed by atoms with Crippen molar-refractivity contribution in [2.75, 3.05) is 13.2 Å². The van der Waals surface area contributed by atoms with Gasteiger partial charge in [-0.1, -0.05) is 18.9 Å². The SMILES string of the molecule is O=C(CCc1cccnc1)NCCCCCCO. The van der Waals surface area contributed by atoms with Gasteiger partial charge in [-0.15, -0.1) is 0 Å². The minimum atomic E-state index is 0.0982. The second-order valence-electron chi connectivity index (χ2n) is 4.35. The van der Waals surface area contributed by atoms with Crippen molar-refractivity contribution < 1.29 is 9.90 Å². The van der Waals surface area contributed by atoms with E-state index in [9.17, 15) is 4.79 Å². The summed E-state index contributed by atoms with van der Waals surface area (Å²) in [7, 11) is 0. The molecule has 4 nitrogen and oxygen atoms in total. The predicted octanol–water partition coefficient (Wildman–Crippen LogP) is 1.68. The van der Waals surface area contributed by atoms with Gasteiger partial charge in [-0.05, 0) is 30.9 Å². The van der Waals surface area contributed by atoms with Crippen molar-refractivity contribution in [3.8, 4) is 0 Å². The van der Waals surface area contributed by atoms with Crippen molar-refractivity contribution >= 4 is 5.91 Å². The number of aromatic nitrogens is 1. The molecule has 100 valence electrons. The lowest BCUT2D eigenvalue weighted by Gasteiger charge is -2.05. The van der Waals surface area contributed by atoms with Crippen LogP contribution in [0.3, 0.4) is 0 Å². The van der Waals surface area contributed by atoms with Gasteiger partial charge in [-0.3, -0.25) is 9.78 Å². The average Bonchev–Trinajstić information content (AvgIpc) is 2.41. The molecule has 0 radical (unpaired) electrons. The van der Waals surface area contributed by atoms with E-state index in [1.807, 2.05) is 12.1 Å². The van der Waals surface area contributed by atoms with Crippen LogP contribution in [0, 0.1) is 0 Å². The number of pyridine rings is 1. The van der Waals surface area contributed by atoms with E-state index in [4.69, 9.17) is 5.11 Å². The molecule has 1 aromatic heterocycles. The molecule has 1 heterocycles. The predicted molar refractivity (Wildman–Crippen MR) is 71.1 cm³/mol. The third-order valence-electron chi connectivity index (χ3n) is 2.77. The Morgan fingerprint density at radius 2 is 2.11 bits per heavy atom. The van der Waals surface area contributed by atoms with Gasteiger partial charge in [0.2, 0.25) is 5.91 Å². The van der Waals surface area contributed by atoms with E-state index >= 15 is 0 Å². The van der Waals surface area contributed by atoms with Crippen LogP contribution >= 0.6 is 0 Å². The normalized spacial score (nSPS) is 10.3. The Bertz CT molecular complexity index is 328. The van der Waals surface area contributed by atoms with Crippen molar-refractivity contribution in [2.45, 2.75) is 38.5 Å². The molecule has 0 saturated heterocycles. The van der Waals surface area contributed by atoms with Crippen molar-refractivity contribution in [2.24, 2.45) is 0 Å². The lowest BCUT2D eigenvalue weighted by Crippen LogP contribution is -2.24. The van der Waals surface area contributed by atoms with Crippen LogP contribution < -0.4 is 5.32 Å². The number of carbonyl (C=O) groups is 1. The largest absolute Gasteiger partial charge is 0.396 e. The maximum atomic E-state index is 11.5. The first kappa shape index (κ1) is 14.6. The van der Waals surface area contributed by atoms with Crippen LogP contribution in [0.25, 0.3) is 0 Å². The summed E-state index contributed by atoms with van der Waals surface area (Å²) in [5, 5.41) is 11.5. The van der Waals surface area contributed by atoms with E-state index in [-0.39, 0.29) is 12.5 Å². The van der Waals surface area contributed by atoms with Crippen LogP contribution in [0.1, 0.15) is 37.7 Å². The van der Waals surface area contributed by atoms with Crippen molar-refractivity contribution in [3.05, 3.63) is 30.1 Å². The Morgan fingerprint density at radius 3 is 2.83 bits per heavy atom. The topological polar surface area (TPSA) is 62.2 Å². The molecular formula is C14H22N2O2. The third-order valence-corrected chi connectivity index (χ3v) is 2.77. The molecule has 1 rings (SSSR count). The van der Waals surface area contributed by atoms with Gasteiger partial charge in [0, 0.05) is 32.0 Å². The van der Waals surface area contributed by atoms with Crippen LogP contribution in [-0.4, -0.2) is 29.1 Å². The van der Waals surface area contributed by atoms with Gasteiger partial charge in [0.25, 0.3) is 0 Å². The molecule has 0 unspecified atom stereocenters. The number of hydrogen-bond donors (Lipinski definition) is 2.